The molecule has 0 aliphatic heterocycles. The minimum absolute atomic E-state index is 0.453. The summed E-state index contributed by atoms with van der Waals surface area (Å²) in [5.74, 6) is 0.701. The second-order valence-electron chi connectivity index (χ2n) is 13.9. The summed E-state index contributed by atoms with van der Waals surface area (Å²) in [7, 11) is 0. The van der Waals surface area contributed by atoms with Crippen LogP contribution < -0.4 is 0 Å². The van der Waals surface area contributed by atoms with Crippen molar-refractivity contribution in [3.05, 3.63) is 210 Å². The summed E-state index contributed by atoms with van der Waals surface area (Å²) < 4.78 is 0. The topological polar surface area (TPSA) is 38.7 Å². The molecule has 9 aromatic rings. The summed E-state index contributed by atoms with van der Waals surface area (Å²) in [5.41, 5.74) is 16.8. The third-order valence-corrected chi connectivity index (χ3v) is 11.2. The van der Waals surface area contributed by atoms with Crippen LogP contribution in [-0.2, 0) is 5.41 Å². The summed E-state index contributed by atoms with van der Waals surface area (Å²) in [6.45, 7) is 0. The lowest BCUT2D eigenvalue weighted by atomic mass is 9.69. The molecular weight excluding hydrogens is 643 g/mol. The Hall–Kier alpha value is -6.97. The Labute approximate surface area is 308 Å². The molecule has 2 heterocycles. The van der Waals surface area contributed by atoms with Crippen molar-refractivity contribution in [2.45, 2.75) is 5.41 Å². The van der Waals surface area contributed by atoms with Crippen LogP contribution in [0.1, 0.15) is 22.3 Å². The Morgan fingerprint density at radius 1 is 0.358 bits per heavy atom. The minimum Gasteiger partial charge on any atom is -0.255 e. The second kappa shape index (κ2) is 11.5. The van der Waals surface area contributed by atoms with E-state index in [1.807, 2.05) is 36.4 Å². The van der Waals surface area contributed by atoms with E-state index in [1.165, 1.54) is 44.3 Å². The van der Waals surface area contributed by atoms with E-state index >= 15 is 0 Å². The highest BCUT2D eigenvalue weighted by Gasteiger charge is 2.52. The first-order chi connectivity index (χ1) is 26.3. The zero-order valence-corrected chi connectivity index (χ0v) is 28.7. The van der Waals surface area contributed by atoms with E-state index in [2.05, 4.69) is 152 Å². The van der Waals surface area contributed by atoms with Gasteiger partial charge in [0.25, 0.3) is 0 Å². The number of benzene rings is 7. The SMILES string of the molecule is c1ccc(-c2cc(-c3ccccc3)nc(-c3ccc(-c4cccc5c6c(ncc45)-c4ccccc4C64c5ccccc5-c5ccccc54)cc3)n2)cc1. The van der Waals surface area contributed by atoms with Crippen LogP contribution in [0.5, 0.6) is 0 Å². The maximum Gasteiger partial charge on any atom is 0.160 e. The molecule has 0 unspecified atom stereocenters. The number of rotatable bonds is 4. The van der Waals surface area contributed by atoms with Gasteiger partial charge in [0, 0.05) is 39.4 Å². The molecule has 3 nitrogen and oxygen atoms in total. The van der Waals surface area contributed by atoms with Crippen LogP contribution in [0.15, 0.2) is 188 Å². The smallest absolute Gasteiger partial charge is 0.160 e. The number of aromatic nitrogens is 3. The predicted octanol–water partition coefficient (Wildman–Crippen LogP) is 12.0. The molecule has 53 heavy (non-hydrogen) atoms. The van der Waals surface area contributed by atoms with Crippen LogP contribution in [0.25, 0.3) is 78.2 Å². The first-order valence-electron chi connectivity index (χ1n) is 18.1. The first kappa shape index (κ1) is 29.7. The molecule has 0 saturated carbocycles. The zero-order valence-electron chi connectivity index (χ0n) is 28.7. The Morgan fingerprint density at radius 2 is 0.849 bits per heavy atom. The van der Waals surface area contributed by atoms with Crippen molar-refractivity contribution in [1.82, 2.24) is 15.0 Å². The van der Waals surface area contributed by atoms with Crippen molar-refractivity contribution < 1.29 is 0 Å². The van der Waals surface area contributed by atoms with Gasteiger partial charge in [-0.15, -0.1) is 0 Å². The van der Waals surface area contributed by atoms with E-state index in [0.29, 0.717) is 5.82 Å². The third-order valence-electron chi connectivity index (χ3n) is 11.2. The predicted molar refractivity (Wildman–Crippen MR) is 215 cm³/mol. The van der Waals surface area contributed by atoms with E-state index in [0.717, 1.165) is 50.3 Å². The number of hydrogen-bond acceptors (Lipinski definition) is 3. The molecule has 246 valence electrons. The minimum atomic E-state index is -0.453. The number of nitrogens with zero attached hydrogens (tertiary/aromatic N) is 3. The lowest BCUT2D eigenvalue weighted by Crippen LogP contribution is -2.26. The maximum atomic E-state index is 5.30. The number of fused-ring (bicyclic) bond motifs is 12. The molecule has 7 aromatic carbocycles. The molecule has 0 N–H and O–H groups in total. The second-order valence-corrected chi connectivity index (χ2v) is 13.9. The summed E-state index contributed by atoms with van der Waals surface area (Å²) in [5, 5.41) is 2.37. The molecule has 0 amide bonds. The van der Waals surface area contributed by atoms with Gasteiger partial charge in [0.05, 0.1) is 22.5 Å². The summed E-state index contributed by atoms with van der Waals surface area (Å²) in [6.07, 6.45) is 2.08. The van der Waals surface area contributed by atoms with Gasteiger partial charge in [0.2, 0.25) is 0 Å². The standard InChI is InChI=1S/C50H31N3/c1-3-14-33(15-4-1)45-30-46(34-16-5-2-6-17-34)53-49(52-45)35-28-26-32(27-29-35)36-21-13-22-39-41(36)31-51-48-40-20-9-12-25-44(40)50(47(39)48)42-23-10-7-18-37(42)38-19-8-11-24-43(38)50/h1-31H. The fourth-order valence-electron chi connectivity index (χ4n) is 8.91. The Balaban J connectivity index is 1.08. The van der Waals surface area contributed by atoms with E-state index in [9.17, 15) is 0 Å². The lowest BCUT2D eigenvalue weighted by molar-refractivity contribution is 0.799. The fourth-order valence-corrected chi connectivity index (χ4v) is 8.91. The summed E-state index contributed by atoms with van der Waals surface area (Å²) in [4.78, 5) is 15.4. The van der Waals surface area contributed by atoms with Crippen molar-refractivity contribution in [3.8, 4) is 67.4 Å². The van der Waals surface area contributed by atoms with Crippen molar-refractivity contribution in [2.24, 2.45) is 0 Å². The molecule has 11 rings (SSSR count). The molecule has 0 fully saturated rings. The van der Waals surface area contributed by atoms with Crippen LogP contribution in [0.4, 0.5) is 0 Å². The number of hydrogen-bond donors (Lipinski definition) is 0. The lowest BCUT2D eigenvalue weighted by Gasteiger charge is -2.31. The van der Waals surface area contributed by atoms with Crippen molar-refractivity contribution >= 4 is 10.8 Å². The van der Waals surface area contributed by atoms with Crippen LogP contribution in [0.3, 0.4) is 0 Å². The van der Waals surface area contributed by atoms with Gasteiger partial charge >= 0.3 is 0 Å². The Kier molecular flexibility index (Phi) is 6.47. The highest BCUT2D eigenvalue weighted by molar-refractivity contribution is 6.06. The molecule has 0 saturated heterocycles. The molecule has 2 aliphatic rings. The van der Waals surface area contributed by atoms with Crippen LogP contribution in [-0.4, -0.2) is 15.0 Å². The third kappa shape index (κ3) is 4.31. The van der Waals surface area contributed by atoms with Crippen molar-refractivity contribution in [2.75, 3.05) is 0 Å². The Bertz CT molecular complexity index is 2760. The fraction of sp³-hybridized carbons (Fsp3) is 0.0200. The monoisotopic (exact) mass is 673 g/mol. The maximum absolute atomic E-state index is 5.30. The summed E-state index contributed by atoms with van der Waals surface area (Å²) in [6, 6.07) is 64.9. The van der Waals surface area contributed by atoms with E-state index in [4.69, 9.17) is 15.0 Å². The number of pyridine rings is 1. The molecule has 0 bridgehead atoms. The van der Waals surface area contributed by atoms with Crippen molar-refractivity contribution in [1.29, 1.82) is 0 Å². The van der Waals surface area contributed by atoms with Gasteiger partial charge in [0.15, 0.2) is 5.82 Å². The van der Waals surface area contributed by atoms with Gasteiger partial charge in [-0.05, 0) is 50.4 Å². The first-order valence-corrected chi connectivity index (χ1v) is 18.1. The normalized spacial score (nSPS) is 13.1. The van der Waals surface area contributed by atoms with Crippen LogP contribution in [0, 0.1) is 0 Å². The van der Waals surface area contributed by atoms with Gasteiger partial charge in [-0.2, -0.15) is 0 Å². The largest absolute Gasteiger partial charge is 0.255 e. The molecule has 0 radical (unpaired) electrons. The van der Waals surface area contributed by atoms with Gasteiger partial charge < -0.3 is 0 Å². The average Bonchev–Trinajstić information content (AvgIpc) is 3.72. The highest BCUT2D eigenvalue weighted by Crippen LogP contribution is 2.63. The Morgan fingerprint density at radius 3 is 1.45 bits per heavy atom. The molecule has 2 aliphatic carbocycles. The van der Waals surface area contributed by atoms with Gasteiger partial charge in [-0.3, -0.25) is 4.98 Å². The summed E-state index contributed by atoms with van der Waals surface area (Å²) >= 11 is 0. The molecule has 1 spiro atoms. The van der Waals surface area contributed by atoms with Crippen LogP contribution in [0.2, 0.25) is 0 Å². The molecule has 3 heteroatoms. The molecular formula is C50H31N3. The average molecular weight is 674 g/mol. The van der Waals surface area contributed by atoms with Gasteiger partial charge in [-0.1, -0.05) is 176 Å². The molecule has 0 atom stereocenters. The zero-order chi connectivity index (χ0) is 34.9. The highest BCUT2D eigenvalue weighted by atomic mass is 14.9. The van der Waals surface area contributed by atoms with Gasteiger partial charge in [0.1, 0.15) is 0 Å². The van der Waals surface area contributed by atoms with E-state index in [-0.39, 0.29) is 0 Å². The van der Waals surface area contributed by atoms with Crippen molar-refractivity contribution in [3.63, 3.8) is 0 Å². The van der Waals surface area contributed by atoms with E-state index in [1.54, 1.807) is 0 Å². The molecule has 2 aromatic heterocycles. The van der Waals surface area contributed by atoms with Gasteiger partial charge in [-0.25, -0.2) is 9.97 Å². The van der Waals surface area contributed by atoms with Crippen LogP contribution >= 0.6 is 0 Å². The van der Waals surface area contributed by atoms with E-state index < -0.39 is 5.41 Å². The quantitative estimate of drug-likeness (QED) is 0.187.